The molecule has 2 aromatic heterocycles. The molecule has 6 rings (SSSR count). The van der Waals surface area contributed by atoms with Gasteiger partial charge in [-0.25, -0.2) is 14.6 Å². The summed E-state index contributed by atoms with van der Waals surface area (Å²) in [6, 6.07) is 25.9. The van der Waals surface area contributed by atoms with E-state index in [4.69, 9.17) is 15.1 Å². The van der Waals surface area contributed by atoms with E-state index in [9.17, 15) is 14.9 Å². The predicted octanol–water partition coefficient (Wildman–Crippen LogP) is 4.59. The van der Waals surface area contributed by atoms with Crippen LogP contribution < -0.4 is 4.90 Å². The number of benzene rings is 3. The third-order valence-electron chi connectivity index (χ3n) is 7.11. The van der Waals surface area contributed by atoms with Crippen molar-refractivity contribution in [2.24, 2.45) is 0 Å². The van der Waals surface area contributed by atoms with Crippen LogP contribution in [0.4, 0.5) is 11.5 Å². The highest BCUT2D eigenvalue weighted by Gasteiger charge is 2.27. The third-order valence-corrected chi connectivity index (χ3v) is 7.11. The number of piperazine rings is 1. The Balaban J connectivity index is 1.33. The van der Waals surface area contributed by atoms with Gasteiger partial charge in [-0.3, -0.25) is 14.9 Å². The van der Waals surface area contributed by atoms with E-state index >= 15 is 0 Å². The van der Waals surface area contributed by atoms with Gasteiger partial charge < -0.3 is 9.80 Å². The number of aromatic nitrogens is 4. The molecule has 0 atom stereocenters. The minimum absolute atomic E-state index is 0.0929. The summed E-state index contributed by atoms with van der Waals surface area (Å²) >= 11 is 0. The summed E-state index contributed by atoms with van der Waals surface area (Å²) in [5, 5.41) is 16.9. The number of non-ortho nitro benzene ring substituents is 1. The molecule has 10 nitrogen and oxygen atoms in total. The number of carbonyl (C=O) groups is 1. The zero-order valence-electron chi connectivity index (χ0n) is 22.0. The van der Waals surface area contributed by atoms with E-state index in [1.807, 2.05) is 60.1 Å². The Bertz CT molecular complexity index is 1700. The van der Waals surface area contributed by atoms with Gasteiger partial charge in [-0.15, -0.1) is 0 Å². The van der Waals surface area contributed by atoms with Crippen LogP contribution in [0.1, 0.15) is 27.4 Å². The van der Waals surface area contributed by atoms with E-state index < -0.39 is 4.92 Å². The number of carbonyl (C=O) groups excluding carboxylic acids is 1. The van der Waals surface area contributed by atoms with E-state index in [2.05, 4.69) is 17.0 Å². The first-order valence-corrected chi connectivity index (χ1v) is 13.1. The Morgan fingerprint density at radius 1 is 0.900 bits per heavy atom. The Morgan fingerprint density at radius 2 is 1.60 bits per heavy atom. The van der Waals surface area contributed by atoms with Gasteiger partial charge in [0.05, 0.1) is 21.7 Å². The Labute approximate surface area is 230 Å². The highest BCUT2D eigenvalue weighted by atomic mass is 16.6. The Kier molecular flexibility index (Phi) is 6.65. The van der Waals surface area contributed by atoms with E-state index in [0.29, 0.717) is 44.0 Å². The number of anilines is 1. The molecule has 0 unspecified atom stereocenters. The van der Waals surface area contributed by atoms with Crippen molar-refractivity contribution in [2.75, 3.05) is 31.1 Å². The van der Waals surface area contributed by atoms with Crippen molar-refractivity contribution in [3.8, 4) is 5.69 Å². The molecular formula is C30H27N7O3. The van der Waals surface area contributed by atoms with Crippen LogP contribution in [0.3, 0.4) is 0 Å². The van der Waals surface area contributed by atoms with Gasteiger partial charge in [-0.2, -0.15) is 5.10 Å². The number of nitro benzene ring substituents is 1. The molecule has 0 aliphatic carbocycles. The molecule has 1 saturated heterocycles. The first kappa shape index (κ1) is 25.2. The maximum absolute atomic E-state index is 13.1. The van der Waals surface area contributed by atoms with Gasteiger partial charge in [0.2, 0.25) is 0 Å². The van der Waals surface area contributed by atoms with Gasteiger partial charge >= 0.3 is 0 Å². The van der Waals surface area contributed by atoms with Crippen molar-refractivity contribution in [3.63, 3.8) is 0 Å². The molecule has 3 aromatic carbocycles. The maximum Gasteiger partial charge on any atom is 0.270 e. The molecular weight excluding hydrogens is 506 g/mol. The molecule has 1 aliphatic heterocycles. The summed E-state index contributed by atoms with van der Waals surface area (Å²) in [5.41, 5.74) is 3.83. The van der Waals surface area contributed by atoms with Gasteiger partial charge in [-0.05, 0) is 30.7 Å². The molecule has 0 N–H and O–H groups in total. The molecule has 0 bridgehead atoms. The van der Waals surface area contributed by atoms with E-state index in [0.717, 1.165) is 33.8 Å². The van der Waals surface area contributed by atoms with Crippen molar-refractivity contribution in [2.45, 2.75) is 13.3 Å². The number of para-hydroxylation sites is 1. The van der Waals surface area contributed by atoms with Crippen molar-refractivity contribution in [3.05, 3.63) is 118 Å². The summed E-state index contributed by atoms with van der Waals surface area (Å²) in [6.45, 7) is 4.02. The topological polar surface area (TPSA) is 110 Å². The van der Waals surface area contributed by atoms with Crippen LogP contribution in [-0.2, 0) is 6.42 Å². The number of aryl methyl sites for hydroxylation is 1. The largest absolute Gasteiger partial charge is 0.352 e. The van der Waals surface area contributed by atoms with Crippen LogP contribution in [0.25, 0.3) is 16.7 Å². The van der Waals surface area contributed by atoms with E-state index in [-0.39, 0.29) is 11.6 Å². The molecule has 1 aliphatic rings. The highest BCUT2D eigenvalue weighted by molar-refractivity contribution is 5.95. The number of hydrogen-bond acceptors (Lipinski definition) is 7. The van der Waals surface area contributed by atoms with E-state index in [1.165, 1.54) is 12.1 Å². The first-order chi connectivity index (χ1) is 19.5. The molecule has 10 heteroatoms. The summed E-state index contributed by atoms with van der Waals surface area (Å²) in [7, 11) is 0. The van der Waals surface area contributed by atoms with E-state index in [1.54, 1.807) is 17.0 Å². The lowest BCUT2D eigenvalue weighted by molar-refractivity contribution is -0.384. The second-order valence-corrected chi connectivity index (χ2v) is 9.74. The lowest BCUT2D eigenvalue weighted by Gasteiger charge is -2.35. The van der Waals surface area contributed by atoms with Crippen LogP contribution in [0.5, 0.6) is 0 Å². The van der Waals surface area contributed by atoms with Gasteiger partial charge in [0.25, 0.3) is 11.6 Å². The average Bonchev–Trinajstić information content (AvgIpc) is 3.33. The number of nitrogens with zero attached hydrogens (tertiary/aromatic N) is 7. The van der Waals surface area contributed by atoms with Gasteiger partial charge in [0.15, 0.2) is 5.65 Å². The number of rotatable bonds is 6. The average molecular weight is 534 g/mol. The summed E-state index contributed by atoms with van der Waals surface area (Å²) in [6.07, 6.45) is 0.577. The fraction of sp³-hybridized carbons (Fsp3) is 0.200. The monoisotopic (exact) mass is 533 g/mol. The number of nitro groups is 1. The molecule has 3 heterocycles. The molecule has 200 valence electrons. The molecule has 1 amide bonds. The van der Waals surface area contributed by atoms with Crippen molar-refractivity contribution < 1.29 is 9.72 Å². The Morgan fingerprint density at radius 3 is 2.30 bits per heavy atom. The van der Waals surface area contributed by atoms with Crippen molar-refractivity contribution in [1.82, 2.24) is 24.6 Å². The maximum atomic E-state index is 13.1. The fourth-order valence-electron chi connectivity index (χ4n) is 5.10. The quantitative estimate of drug-likeness (QED) is 0.232. The molecule has 40 heavy (non-hydrogen) atoms. The predicted molar refractivity (Wildman–Crippen MR) is 152 cm³/mol. The third kappa shape index (κ3) is 4.86. The van der Waals surface area contributed by atoms with Crippen LogP contribution in [0.2, 0.25) is 0 Å². The van der Waals surface area contributed by atoms with Crippen LogP contribution >= 0.6 is 0 Å². The van der Waals surface area contributed by atoms with Crippen molar-refractivity contribution >= 4 is 28.4 Å². The van der Waals surface area contributed by atoms with Crippen LogP contribution in [0, 0.1) is 17.0 Å². The minimum Gasteiger partial charge on any atom is -0.352 e. The summed E-state index contributed by atoms with van der Waals surface area (Å²) in [4.78, 5) is 37.8. The van der Waals surface area contributed by atoms with Gasteiger partial charge in [0.1, 0.15) is 11.6 Å². The fourth-order valence-corrected chi connectivity index (χ4v) is 5.10. The number of amides is 1. The number of hydrogen-bond donors (Lipinski definition) is 0. The first-order valence-electron chi connectivity index (χ1n) is 13.1. The normalized spacial score (nSPS) is 13.5. The van der Waals surface area contributed by atoms with Crippen LogP contribution in [-0.4, -0.2) is 61.7 Å². The minimum atomic E-state index is -0.486. The van der Waals surface area contributed by atoms with Gasteiger partial charge in [-0.1, -0.05) is 54.6 Å². The molecule has 0 saturated carbocycles. The SMILES string of the molecule is Cc1nn(-c2ccccc2)c2nc(Cc3ccccc3)nc(N3CCN(C(=O)c4cccc([N+](=O)[O-])c4)CC3)c12. The zero-order chi connectivity index (χ0) is 27.6. The smallest absolute Gasteiger partial charge is 0.270 e. The lowest BCUT2D eigenvalue weighted by Crippen LogP contribution is -2.49. The molecule has 5 aromatic rings. The summed E-state index contributed by atoms with van der Waals surface area (Å²) in [5.74, 6) is 1.29. The number of fused-ring (bicyclic) bond motifs is 1. The second-order valence-electron chi connectivity index (χ2n) is 9.74. The van der Waals surface area contributed by atoms with Gasteiger partial charge in [0, 0.05) is 50.3 Å². The Hall–Kier alpha value is -5.12. The van der Waals surface area contributed by atoms with Crippen molar-refractivity contribution in [1.29, 1.82) is 0 Å². The zero-order valence-corrected chi connectivity index (χ0v) is 22.0. The molecule has 1 fully saturated rings. The lowest BCUT2D eigenvalue weighted by atomic mass is 10.1. The molecule has 0 radical (unpaired) electrons. The van der Waals surface area contributed by atoms with Crippen LogP contribution in [0.15, 0.2) is 84.9 Å². The molecule has 0 spiro atoms. The standard InChI is InChI=1S/C30H27N7O3/c1-21-27-28(34-15-17-35(18-16-34)30(38)23-11-8-14-25(20-23)37(39)40)31-26(19-22-9-4-2-5-10-22)32-29(27)36(33-21)24-12-6-3-7-13-24/h2-14,20H,15-19H2,1H3. The summed E-state index contributed by atoms with van der Waals surface area (Å²) < 4.78 is 1.87. The second kappa shape index (κ2) is 10.6. The highest BCUT2D eigenvalue weighted by Crippen LogP contribution is 2.30.